The molecule has 0 spiro atoms. The van der Waals surface area contributed by atoms with Crippen LogP contribution in [0.25, 0.3) is 0 Å². The third-order valence-corrected chi connectivity index (χ3v) is 4.50. The summed E-state index contributed by atoms with van der Waals surface area (Å²) in [5, 5.41) is 14.6. The van der Waals surface area contributed by atoms with E-state index < -0.39 is 35.9 Å². The Hall–Kier alpha value is -3.14. The Bertz CT molecular complexity index is 734. The lowest BCUT2D eigenvalue weighted by Gasteiger charge is -2.24. The van der Waals surface area contributed by atoms with Gasteiger partial charge in [0.25, 0.3) is 0 Å². The smallest absolute Gasteiger partial charge is 0.326 e. The van der Waals surface area contributed by atoms with Crippen LogP contribution in [0.3, 0.4) is 0 Å². The van der Waals surface area contributed by atoms with Crippen molar-refractivity contribution in [3.8, 4) is 0 Å². The number of guanidine groups is 1. The first kappa shape index (κ1) is 24.9. The van der Waals surface area contributed by atoms with Crippen LogP contribution in [0.15, 0.2) is 35.3 Å². The minimum absolute atomic E-state index is 0.0735. The van der Waals surface area contributed by atoms with Gasteiger partial charge < -0.3 is 32.9 Å². The van der Waals surface area contributed by atoms with Crippen LogP contribution in [-0.4, -0.2) is 53.5 Å². The van der Waals surface area contributed by atoms with Crippen molar-refractivity contribution >= 4 is 23.7 Å². The number of hydrogen-bond acceptors (Lipinski definition) is 5. The van der Waals surface area contributed by atoms with Crippen LogP contribution in [0.1, 0.15) is 32.3 Å². The Morgan fingerprint density at radius 3 is 2.17 bits per heavy atom. The largest absolute Gasteiger partial charge is 0.480 e. The standard InChI is InChI=1S/C20H32N6O4/c1-12(2)16(21)18(28)25-14(9-6-10-24-20(22)23)17(27)26-15(19(29)30)11-13-7-4-3-5-8-13/h3-5,7-8,12,14-16H,6,9-11,21H2,1-2H3,(H,25,28)(H,26,27)(H,29,30)(H4,22,23,24). The summed E-state index contributed by atoms with van der Waals surface area (Å²) in [4.78, 5) is 40.6. The van der Waals surface area contributed by atoms with Gasteiger partial charge in [0.15, 0.2) is 5.96 Å². The van der Waals surface area contributed by atoms with Gasteiger partial charge in [0.2, 0.25) is 11.8 Å². The number of rotatable bonds is 12. The number of hydrogen-bond donors (Lipinski definition) is 6. The van der Waals surface area contributed by atoms with Crippen molar-refractivity contribution in [3.05, 3.63) is 35.9 Å². The Balaban J connectivity index is 2.87. The summed E-state index contributed by atoms with van der Waals surface area (Å²) in [5.74, 6) is -2.46. The fraction of sp³-hybridized carbons (Fsp3) is 0.500. The topological polar surface area (TPSA) is 186 Å². The summed E-state index contributed by atoms with van der Waals surface area (Å²) in [6.07, 6.45) is 0.739. The predicted molar refractivity (Wildman–Crippen MR) is 114 cm³/mol. The molecule has 0 aliphatic rings. The first-order chi connectivity index (χ1) is 14.1. The summed E-state index contributed by atoms with van der Waals surface area (Å²) in [5.41, 5.74) is 17.2. The number of aliphatic carboxylic acids is 1. The second kappa shape index (κ2) is 12.4. The normalized spacial score (nSPS) is 13.7. The fourth-order valence-electron chi connectivity index (χ4n) is 2.67. The van der Waals surface area contributed by atoms with Crippen molar-refractivity contribution in [3.63, 3.8) is 0 Å². The minimum atomic E-state index is -1.17. The summed E-state index contributed by atoms with van der Waals surface area (Å²) in [6, 6.07) is 6.04. The van der Waals surface area contributed by atoms with Gasteiger partial charge >= 0.3 is 5.97 Å². The molecule has 1 aromatic rings. The molecule has 0 bridgehead atoms. The van der Waals surface area contributed by atoms with Crippen LogP contribution in [0.5, 0.6) is 0 Å². The summed E-state index contributed by atoms with van der Waals surface area (Å²) < 4.78 is 0. The Kier molecular flexibility index (Phi) is 10.3. The molecule has 0 saturated carbocycles. The molecule has 0 aromatic heterocycles. The number of aliphatic imine (C=N–C) groups is 1. The second-order valence-electron chi connectivity index (χ2n) is 7.37. The molecular weight excluding hydrogens is 388 g/mol. The highest BCUT2D eigenvalue weighted by molar-refractivity contribution is 5.91. The van der Waals surface area contributed by atoms with Crippen LogP contribution in [-0.2, 0) is 20.8 Å². The predicted octanol–water partition coefficient (Wildman–Crippen LogP) is -0.680. The maximum Gasteiger partial charge on any atom is 0.326 e. The number of carboxylic acid groups (broad SMARTS) is 1. The Morgan fingerprint density at radius 1 is 1.03 bits per heavy atom. The van der Waals surface area contributed by atoms with Crippen LogP contribution < -0.4 is 27.8 Å². The summed E-state index contributed by atoms with van der Waals surface area (Å²) in [7, 11) is 0. The molecule has 0 saturated heterocycles. The lowest BCUT2D eigenvalue weighted by Crippen LogP contribution is -2.55. The molecule has 10 nitrogen and oxygen atoms in total. The second-order valence-corrected chi connectivity index (χ2v) is 7.37. The number of carbonyl (C=O) groups is 3. The zero-order valence-corrected chi connectivity index (χ0v) is 17.4. The minimum Gasteiger partial charge on any atom is -0.480 e. The van der Waals surface area contributed by atoms with Crippen LogP contribution >= 0.6 is 0 Å². The van der Waals surface area contributed by atoms with Crippen molar-refractivity contribution in [2.45, 2.75) is 51.2 Å². The zero-order valence-electron chi connectivity index (χ0n) is 17.4. The van der Waals surface area contributed by atoms with Crippen molar-refractivity contribution < 1.29 is 19.5 Å². The third kappa shape index (κ3) is 8.91. The quantitative estimate of drug-likeness (QED) is 0.147. The van der Waals surface area contributed by atoms with Gasteiger partial charge in [-0.3, -0.25) is 14.6 Å². The van der Waals surface area contributed by atoms with Gasteiger partial charge in [0, 0.05) is 13.0 Å². The highest BCUT2D eigenvalue weighted by Gasteiger charge is 2.28. The van der Waals surface area contributed by atoms with E-state index in [2.05, 4.69) is 15.6 Å². The highest BCUT2D eigenvalue weighted by Crippen LogP contribution is 2.07. The molecule has 1 rings (SSSR count). The Labute approximate surface area is 176 Å². The van der Waals surface area contributed by atoms with E-state index >= 15 is 0 Å². The number of benzene rings is 1. The fourth-order valence-corrected chi connectivity index (χ4v) is 2.67. The first-order valence-corrected chi connectivity index (χ1v) is 9.80. The maximum absolute atomic E-state index is 12.8. The van der Waals surface area contributed by atoms with E-state index in [0.717, 1.165) is 5.56 Å². The molecule has 2 amide bonds. The van der Waals surface area contributed by atoms with Crippen molar-refractivity contribution in [1.82, 2.24) is 10.6 Å². The van der Waals surface area contributed by atoms with Crippen LogP contribution in [0.2, 0.25) is 0 Å². The molecule has 166 valence electrons. The highest BCUT2D eigenvalue weighted by atomic mass is 16.4. The number of amides is 2. The lowest BCUT2D eigenvalue weighted by molar-refractivity contribution is -0.142. The van der Waals surface area contributed by atoms with E-state index in [4.69, 9.17) is 17.2 Å². The van der Waals surface area contributed by atoms with Gasteiger partial charge in [-0.1, -0.05) is 44.2 Å². The van der Waals surface area contributed by atoms with Crippen LogP contribution in [0, 0.1) is 5.92 Å². The van der Waals surface area contributed by atoms with Crippen molar-refractivity contribution in [2.24, 2.45) is 28.1 Å². The van der Waals surface area contributed by atoms with E-state index in [9.17, 15) is 19.5 Å². The van der Waals surface area contributed by atoms with Gasteiger partial charge in [-0.05, 0) is 24.3 Å². The summed E-state index contributed by atoms with van der Waals surface area (Å²) in [6.45, 7) is 3.85. The zero-order chi connectivity index (χ0) is 22.7. The molecule has 3 unspecified atom stereocenters. The molecule has 0 aliphatic carbocycles. The molecule has 30 heavy (non-hydrogen) atoms. The molecule has 9 N–H and O–H groups in total. The number of nitrogens with zero attached hydrogens (tertiary/aromatic N) is 1. The van der Waals surface area contributed by atoms with Gasteiger partial charge in [-0.2, -0.15) is 0 Å². The van der Waals surface area contributed by atoms with E-state index in [0.29, 0.717) is 6.42 Å². The average molecular weight is 421 g/mol. The summed E-state index contributed by atoms with van der Waals surface area (Å²) >= 11 is 0. The van der Waals surface area contributed by atoms with E-state index in [1.165, 1.54) is 0 Å². The lowest BCUT2D eigenvalue weighted by atomic mass is 10.0. The van der Waals surface area contributed by atoms with Crippen molar-refractivity contribution in [2.75, 3.05) is 6.54 Å². The van der Waals surface area contributed by atoms with E-state index in [-0.39, 0.29) is 31.3 Å². The van der Waals surface area contributed by atoms with E-state index in [1.807, 2.05) is 6.07 Å². The molecule has 0 radical (unpaired) electrons. The molecule has 1 aromatic carbocycles. The van der Waals surface area contributed by atoms with E-state index in [1.54, 1.807) is 38.1 Å². The average Bonchev–Trinajstić information content (AvgIpc) is 2.69. The molecule has 10 heteroatoms. The number of nitrogens with one attached hydrogen (secondary N) is 2. The molecule has 0 aliphatic heterocycles. The number of carbonyl (C=O) groups excluding carboxylic acids is 2. The first-order valence-electron chi connectivity index (χ1n) is 9.80. The molecular formula is C20H32N6O4. The molecule has 3 atom stereocenters. The van der Waals surface area contributed by atoms with Crippen molar-refractivity contribution in [1.29, 1.82) is 0 Å². The van der Waals surface area contributed by atoms with Gasteiger partial charge in [0.1, 0.15) is 12.1 Å². The van der Waals surface area contributed by atoms with Crippen LogP contribution in [0.4, 0.5) is 0 Å². The number of nitrogens with two attached hydrogens (primary N) is 3. The van der Waals surface area contributed by atoms with Gasteiger partial charge in [-0.25, -0.2) is 4.79 Å². The maximum atomic E-state index is 12.8. The third-order valence-electron chi connectivity index (χ3n) is 4.50. The van der Waals surface area contributed by atoms with Gasteiger partial charge in [-0.15, -0.1) is 0 Å². The molecule has 0 heterocycles. The number of carboxylic acids is 1. The molecule has 0 fully saturated rings. The van der Waals surface area contributed by atoms with Gasteiger partial charge in [0.05, 0.1) is 6.04 Å². The Morgan fingerprint density at radius 2 is 1.63 bits per heavy atom. The monoisotopic (exact) mass is 420 g/mol. The SMILES string of the molecule is CC(C)C(N)C(=O)NC(CCCN=C(N)N)C(=O)NC(Cc1ccccc1)C(=O)O.